The van der Waals surface area contributed by atoms with E-state index >= 15 is 0 Å². The first-order valence-corrected chi connectivity index (χ1v) is 13.9. The minimum absolute atomic E-state index is 0.0721. The first kappa shape index (κ1) is 33.0. The third-order valence-corrected chi connectivity index (χ3v) is 6.22. The number of phenolic OH excluding ortho intramolecular Hbond substituents is 4. The van der Waals surface area contributed by atoms with Crippen LogP contribution in [0.5, 0.6) is 46.0 Å². The fourth-order valence-electron chi connectivity index (χ4n) is 3.89. The van der Waals surface area contributed by atoms with Gasteiger partial charge in [0.1, 0.15) is 46.0 Å². The lowest BCUT2D eigenvalue weighted by Gasteiger charge is -2.32. The summed E-state index contributed by atoms with van der Waals surface area (Å²) in [6.45, 7) is -0.138. The van der Waals surface area contributed by atoms with Gasteiger partial charge in [-0.25, -0.2) is 0 Å². The molecule has 4 N–H and O–H groups in total. The predicted octanol–water partition coefficient (Wildman–Crippen LogP) is 5.01. The molecule has 0 spiro atoms. The molecule has 0 radical (unpaired) electrons. The molecule has 0 aliphatic heterocycles. The molecule has 4 aromatic rings. The van der Waals surface area contributed by atoms with Crippen molar-refractivity contribution in [2.24, 2.45) is 5.41 Å². The second-order valence-corrected chi connectivity index (χ2v) is 9.92. The van der Waals surface area contributed by atoms with Gasteiger partial charge >= 0.3 is 0 Å². The smallest absolute Gasteiger partial charge is 0.189 e. The molecule has 4 aromatic carbocycles. The van der Waals surface area contributed by atoms with E-state index in [1.165, 1.54) is 48.5 Å². The molecule has 0 heterocycles. The number of rotatable bonds is 20. The molecule has 0 atom stereocenters. The molecule has 240 valence electrons. The van der Waals surface area contributed by atoms with Gasteiger partial charge in [0.15, 0.2) is 27.2 Å². The summed E-state index contributed by atoms with van der Waals surface area (Å²) in [5.74, 6) is 2.50. The van der Waals surface area contributed by atoms with Crippen LogP contribution in [-0.2, 0) is 18.9 Å². The maximum atomic E-state index is 9.51. The van der Waals surface area contributed by atoms with Gasteiger partial charge < -0.3 is 58.3 Å². The molecule has 12 heteroatoms. The second-order valence-electron chi connectivity index (χ2n) is 9.92. The van der Waals surface area contributed by atoms with Gasteiger partial charge in [-0.3, -0.25) is 0 Å². The van der Waals surface area contributed by atoms with Crippen molar-refractivity contribution in [1.29, 1.82) is 0 Å². The van der Waals surface area contributed by atoms with Gasteiger partial charge in [0, 0.05) is 0 Å². The summed E-state index contributed by atoms with van der Waals surface area (Å²) >= 11 is 0. The van der Waals surface area contributed by atoms with E-state index in [2.05, 4.69) is 0 Å². The number of benzene rings is 4. The number of hydrogen-bond donors (Lipinski definition) is 4. The Morgan fingerprint density at radius 2 is 0.533 bits per heavy atom. The lowest BCUT2D eigenvalue weighted by atomic mass is 9.92. The van der Waals surface area contributed by atoms with E-state index in [9.17, 15) is 20.4 Å². The van der Waals surface area contributed by atoms with Crippen molar-refractivity contribution in [1.82, 2.24) is 0 Å². The van der Waals surface area contributed by atoms with E-state index in [1.807, 2.05) is 0 Å². The number of phenols is 4. The Morgan fingerprint density at radius 1 is 0.333 bits per heavy atom. The summed E-state index contributed by atoms with van der Waals surface area (Å²) < 4.78 is 46.1. The fraction of sp³-hybridized carbons (Fsp3) is 0.273. The third kappa shape index (κ3) is 12.0. The number of hydrogen-bond acceptors (Lipinski definition) is 12. The van der Waals surface area contributed by atoms with Gasteiger partial charge in [-0.1, -0.05) is 0 Å². The summed E-state index contributed by atoms with van der Waals surface area (Å²) in [6.07, 6.45) is 0. The highest BCUT2D eigenvalue weighted by Gasteiger charge is 2.33. The van der Waals surface area contributed by atoms with Gasteiger partial charge in [-0.2, -0.15) is 0 Å². The van der Waals surface area contributed by atoms with Gasteiger partial charge in [0.05, 0.1) is 31.8 Å². The van der Waals surface area contributed by atoms with E-state index in [1.54, 1.807) is 48.5 Å². The van der Waals surface area contributed by atoms with Crippen LogP contribution in [0.15, 0.2) is 97.1 Å². The van der Waals surface area contributed by atoms with Crippen molar-refractivity contribution in [3.8, 4) is 46.0 Å². The lowest BCUT2D eigenvalue weighted by molar-refractivity contribution is -0.155. The molecular weight excluding hydrogens is 588 g/mol. The van der Waals surface area contributed by atoms with Crippen molar-refractivity contribution in [3.63, 3.8) is 0 Å². The molecule has 0 aliphatic rings. The molecule has 0 bridgehead atoms. The Bertz CT molecular complexity index is 1160. The highest BCUT2D eigenvalue weighted by Crippen LogP contribution is 2.24. The van der Waals surface area contributed by atoms with Crippen LogP contribution in [0.4, 0.5) is 0 Å². The Balaban J connectivity index is 1.38. The minimum atomic E-state index is -0.896. The minimum Gasteiger partial charge on any atom is -0.508 e. The molecule has 0 fully saturated rings. The van der Waals surface area contributed by atoms with Crippen LogP contribution in [-0.4, -0.2) is 74.0 Å². The van der Waals surface area contributed by atoms with Crippen molar-refractivity contribution >= 4 is 0 Å². The van der Waals surface area contributed by atoms with Crippen LogP contribution < -0.4 is 18.9 Å². The van der Waals surface area contributed by atoms with E-state index in [4.69, 9.17) is 37.9 Å². The molecular formula is C33H36O12. The number of ether oxygens (including phenoxy) is 8. The molecule has 12 nitrogen and oxygen atoms in total. The number of aromatic hydroxyl groups is 4. The highest BCUT2D eigenvalue weighted by molar-refractivity contribution is 5.32. The first-order valence-electron chi connectivity index (χ1n) is 13.9. The maximum absolute atomic E-state index is 9.51. The Kier molecular flexibility index (Phi) is 12.8. The first-order chi connectivity index (χ1) is 21.9. The van der Waals surface area contributed by atoms with E-state index in [-0.39, 0.29) is 76.6 Å². The zero-order valence-electron chi connectivity index (χ0n) is 24.4. The van der Waals surface area contributed by atoms with Gasteiger partial charge in [-0.15, -0.1) is 0 Å². The molecule has 0 aromatic heterocycles. The average molecular weight is 625 g/mol. The van der Waals surface area contributed by atoms with Gasteiger partial charge in [0.2, 0.25) is 0 Å². The SMILES string of the molecule is Oc1ccc(OCOCC(COCOc2ccc(O)cc2)(COCOc2ccc(O)cc2)COCOc2ccc(O)cc2)cc1. The third-order valence-electron chi connectivity index (χ3n) is 6.22. The molecule has 0 saturated carbocycles. The Morgan fingerprint density at radius 3 is 0.733 bits per heavy atom. The molecule has 45 heavy (non-hydrogen) atoms. The molecule has 0 aliphatic carbocycles. The predicted molar refractivity (Wildman–Crippen MR) is 161 cm³/mol. The van der Waals surface area contributed by atoms with E-state index < -0.39 is 5.41 Å². The Hall–Kier alpha value is -4.88. The largest absolute Gasteiger partial charge is 0.508 e. The van der Waals surface area contributed by atoms with Gasteiger partial charge in [0.25, 0.3) is 0 Å². The standard InChI is InChI=1S/C33H36O12/c34-25-1-9-29(10-2-25)42-21-38-17-33(18-39-22-43-30-11-3-26(35)4-12-30,19-40-23-44-31-13-5-27(36)6-14-31)20-41-24-45-32-15-7-28(37)8-16-32/h1-16,34-37H,17-24H2. The van der Waals surface area contributed by atoms with Crippen molar-refractivity contribution in [2.45, 2.75) is 0 Å². The molecule has 4 rings (SSSR count). The van der Waals surface area contributed by atoms with Crippen LogP contribution in [0, 0.1) is 5.41 Å². The molecule has 0 unspecified atom stereocenters. The summed E-state index contributed by atoms with van der Waals surface area (Å²) in [6, 6.07) is 25.0. The van der Waals surface area contributed by atoms with Crippen LogP contribution in [0.2, 0.25) is 0 Å². The van der Waals surface area contributed by atoms with Crippen LogP contribution in [0.3, 0.4) is 0 Å². The van der Waals surface area contributed by atoms with Crippen molar-refractivity contribution in [2.75, 3.05) is 53.6 Å². The van der Waals surface area contributed by atoms with Gasteiger partial charge in [-0.05, 0) is 97.1 Å². The molecule has 0 saturated heterocycles. The Labute approximate surface area is 260 Å². The summed E-state index contributed by atoms with van der Waals surface area (Å²) in [5.41, 5.74) is -0.896. The normalized spacial score (nSPS) is 11.2. The summed E-state index contributed by atoms with van der Waals surface area (Å²) in [4.78, 5) is 0. The monoisotopic (exact) mass is 624 g/mol. The maximum Gasteiger partial charge on any atom is 0.189 e. The quantitative estimate of drug-likeness (QED) is 0.0772. The van der Waals surface area contributed by atoms with Crippen molar-refractivity contribution in [3.05, 3.63) is 97.1 Å². The zero-order valence-corrected chi connectivity index (χ0v) is 24.4. The molecule has 0 amide bonds. The summed E-state index contributed by atoms with van der Waals surface area (Å²) in [7, 11) is 0. The van der Waals surface area contributed by atoms with Crippen LogP contribution in [0.1, 0.15) is 0 Å². The van der Waals surface area contributed by atoms with E-state index in [0.717, 1.165) is 0 Å². The van der Waals surface area contributed by atoms with Crippen LogP contribution in [0.25, 0.3) is 0 Å². The van der Waals surface area contributed by atoms with Crippen LogP contribution >= 0.6 is 0 Å². The highest BCUT2D eigenvalue weighted by atomic mass is 16.7. The topological polar surface area (TPSA) is 155 Å². The second kappa shape index (κ2) is 17.4. The lowest BCUT2D eigenvalue weighted by Crippen LogP contribution is -2.43. The zero-order chi connectivity index (χ0) is 31.7. The fourth-order valence-corrected chi connectivity index (χ4v) is 3.89. The van der Waals surface area contributed by atoms with Crippen molar-refractivity contribution < 1.29 is 58.3 Å². The average Bonchev–Trinajstić information content (AvgIpc) is 3.05. The summed E-state index contributed by atoms with van der Waals surface area (Å²) in [5, 5.41) is 38.0. The van der Waals surface area contributed by atoms with E-state index in [0.29, 0.717) is 23.0 Å².